The molecular formula is C19H27BrO. The van der Waals surface area contributed by atoms with Gasteiger partial charge in [0, 0.05) is 5.33 Å². The van der Waals surface area contributed by atoms with Gasteiger partial charge in [-0.05, 0) is 58.1 Å². The van der Waals surface area contributed by atoms with E-state index in [4.69, 9.17) is 4.74 Å². The van der Waals surface area contributed by atoms with Gasteiger partial charge in [-0.1, -0.05) is 57.4 Å². The molecule has 0 saturated carbocycles. The third-order valence-corrected chi connectivity index (χ3v) is 3.83. The van der Waals surface area contributed by atoms with Crippen molar-refractivity contribution in [2.75, 3.05) is 11.9 Å². The maximum absolute atomic E-state index is 5.85. The van der Waals surface area contributed by atoms with Gasteiger partial charge in [0.15, 0.2) is 0 Å². The molecule has 0 aliphatic heterocycles. The summed E-state index contributed by atoms with van der Waals surface area (Å²) in [5.41, 5.74) is 4.12. The molecule has 1 aromatic rings. The Morgan fingerprint density at radius 3 is 2.62 bits per heavy atom. The van der Waals surface area contributed by atoms with Gasteiger partial charge in [-0.25, -0.2) is 0 Å². The third-order valence-electron chi connectivity index (χ3n) is 3.27. The highest BCUT2D eigenvalue weighted by molar-refractivity contribution is 9.09. The zero-order valence-electron chi connectivity index (χ0n) is 13.5. The fourth-order valence-corrected chi connectivity index (χ4v) is 2.25. The second-order valence-electron chi connectivity index (χ2n) is 5.57. The van der Waals surface area contributed by atoms with Crippen molar-refractivity contribution in [3.63, 3.8) is 0 Å². The van der Waals surface area contributed by atoms with E-state index < -0.39 is 0 Å². The Morgan fingerprint density at radius 1 is 1.14 bits per heavy atom. The van der Waals surface area contributed by atoms with Crippen LogP contribution in [-0.2, 0) is 6.42 Å². The Labute approximate surface area is 138 Å². The Kier molecular flexibility index (Phi) is 9.16. The summed E-state index contributed by atoms with van der Waals surface area (Å²) in [6.07, 6.45) is 8.88. The summed E-state index contributed by atoms with van der Waals surface area (Å²) < 4.78 is 5.85. The van der Waals surface area contributed by atoms with Gasteiger partial charge in [0.25, 0.3) is 0 Å². The van der Waals surface area contributed by atoms with Crippen molar-refractivity contribution < 1.29 is 4.74 Å². The van der Waals surface area contributed by atoms with Crippen LogP contribution in [0.2, 0.25) is 0 Å². The summed E-state index contributed by atoms with van der Waals surface area (Å²) in [4.78, 5) is 0. The molecular weight excluding hydrogens is 324 g/mol. The molecule has 0 unspecified atom stereocenters. The largest absolute Gasteiger partial charge is 0.493 e. The van der Waals surface area contributed by atoms with Crippen molar-refractivity contribution in [3.8, 4) is 5.75 Å². The molecule has 0 aliphatic rings. The standard InChI is InChI=1S/C19H27BrO/c1-16(2)8-6-9-17(3)12-13-18-10-4-5-11-19(18)21-15-7-14-20/h4-5,8,10-12H,6-7,9,13-15H2,1-3H3/b17-12+. The smallest absolute Gasteiger partial charge is 0.122 e. The normalized spacial score (nSPS) is 11.3. The first-order chi connectivity index (χ1) is 10.1. The van der Waals surface area contributed by atoms with E-state index in [0.717, 1.165) is 43.4 Å². The number of rotatable bonds is 9. The van der Waals surface area contributed by atoms with Gasteiger partial charge in [0.2, 0.25) is 0 Å². The Morgan fingerprint density at radius 2 is 1.90 bits per heavy atom. The molecule has 1 aromatic carbocycles. The molecule has 1 nitrogen and oxygen atoms in total. The quantitative estimate of drug-likeness (QED) is 0.297. The number of alkyl halides is 1. The number of ether oxygens (including phenoxy) is 1. The number of hydrogen-bond donors (Lipinski definition) is 0. The summed E-state index contributed by atoms with van der Waals surface area (Å²) in [5.74, 6) is 1.02. The summed E-state index contributed by atoms with van der Waals surface area (Å²) in [7, 11) is 0. The highest BCUT2D eigenvalue weighted by Crippen LogP contribution is 2.20. The van der Waals surface area contributed by atoms with Gasteiger partial charge in [0.05, 0.1) is 6.61 Å². The molecule has 21 heavy (non-hydrogen) atoms. The summed E-state index contributed by atoms with van der Waals surface area (Å²) in [5, 5.41) is 0.985. The maximum Gasteiger partial charge on any atom is 0.122 e. The monoisotopic (exact) mass is 350 g/mol. The van der Waals surface area contributed by atoms with E-state index in [1.54, 1.807) is 0 Å². The number of allylic oxidation sites excluding steroid dienone is 4. The molecule has 116 valence electrons. The molecule has 2 heteroatoms. The predicted molar refractivity (Wildman–Crippen MR) is 96.5 cm³/mol. The lowest BCUT2D eigenvalue weighted by molar-refractivity contribution is 0.316. The molecule has 0 saturated heterocycles. The topological polar surface area (TPSA) is 9.23 Å². The SMILES string of the molecule is CC(C)=CCC/C(C)=C/Cc1ccccc1OCCCBr. The van der Waals surface area contributed by atoms with Crippen molar-refractivity contribution in [1.82, 2.24) is 0 Å². The third kappa shape index (κ3) is 8.11. The molecule has 0 aliphatic carbocycles. The second-order valence-corrected chi connectivity index (χ2v) is 6.37. The number of hydrogen-bond acceptors (Lipinski definition) is 1. The minimum atomic E-state index is 0.769. The molecule has 1 rings (SSSR count). The van der Waals surface area contributed by atoms with Crippen LogP contribution in [0.5, 0.6) is 5.75 Å². The van der Waals surface area contributed by atoms with E-state index in [9.17, 15) is 0 Å². The number of benzene rings is 1. The number of para-hydroxylation sites is 1. The van der Waals surface area contributed by atoms with Crippen LogP contribution in [-0.4, -0.2) is 11.9 Å². The number of halogens is 1. The molecule has 0 atom stereocenters. The van der Waals surface area contributed by atoms with E-state index in [1.165, 1.54) is 16.7 Å². The van der Waals surface area contributed by atoms with Crippen LogP contribution < -0.4 is 4.74 Å². The molecule has 0 bridgehead atoms. The van der Waals surface area contributed by atoms with Gasteiger partial charge < -0.3 is 4.74 Å². The highest BCUT2D eigenvalue weighted by atomic mass is 79.9. The highest BCUT2D eigenvalue weighted by Gasteiger charge is 2.01. The summed E-state index contributed by atoms with van der Waals surface area (Å²) in [6.45, 7) is 7.29. The molecule has 0 heterocycles. The fraction of sp³-hybridized carbons (Fsp3) is 0.474. The van der Waals surface area contributed by atoms with Crippen LogP contribution in [0.1, 0.15) is 45.6 Å². The van der Waals surface area contributed by atoms with Crippen molar-refractivity contribution >= 4 is 15.9 Å². The van der Waals surface area contributed by atoms with Crippen molar-refractivity contribution in [2.24, 2.45) is 0 Å². The van der Waals surface area contributed by atoms with E-state index in [2.05, 4.69) is 67.1 Å². The average molecular weight is 351 g/mol. The Hall–Kier alpha value is -1.02. The van der Waals surface area contributed by atoms with Crippen molar-refractivity contribution in [3.05, 3.63) is 53.1 Å². The molecule has 0 fully saturated rings. The average Bonchev–Trinajstić information content (AvgIpc) is 2.46. The molecule has 0 radical (unpaired) electrons. The lowest BCUT2D eigenvalue weighted by Crippen LogP contribution is -2.00. The second kappa shape index (κ2) is 10.7. The molecule has 0 spiro atoms. The lowest BCUT2D eigenvalue weighted by atomic mass is 10.1. The Bertz CT molecular complexity index is 470. The first-order valence-electron chi connectivity index (χ1n) is 7.69. The van der Waals surface area contributed by atoms with Crippen LogP contribution in [0.25, 0.3) is 0 Å². The Balaban J connectivity index is 2.55. The van der Waals surface area contributed by atoms with Gasteiger partial charge in [-0.15, -0.1) is 0 Å². The van der Waals surface area contributed by atoms with Gasteiger partial charge in [-0.2, -0.15) is 0 Å². The molecule has 0 aromatic heterocycles. The van der Waals surface area contributed by atoms with E-state index >= 15 is 0 Å². The minimum absolute atomic E-state index is 0.769. The first kappa shape index (κ1) is 18.0. The zero-order valence-corrected chi connectivity index (χ0v) is 15.1. The van der Waals surface area contributed by atoms with Gasteiger partial charge >= 0.3 is 0 Å². The minimum Gasteiger partial charge on any atom is -0.493 e. The van der Waals surface area contributed by atoms with E-state index in [-0.39, 0.29) is 0 Å². The van der Waals surface area contributed by atoms with Gasteiger partial charge in [-0.3, -0.25) is 0 Å². The van der Waals surface area contributed by atoms with Crippen LogP contribution in [0.4, 0.5) is 0 Å². The van der Waals surface area contributed by atoms with Gasteiger partial charge in [0.1, 0.15) is 5.75 Å². The maximum atomic E-state index is 5.85. The molecule has 0 N–H and O–H groups in total. The van der Waals surface area contributed by atoms with Crippen molar-refractivity contribution in [2.45, 2.75) is 46.5 Å². The fourth-order valence-electron chi connectivity index (χ4n) is 2.02. The first-order valence-corrected chi connectivity index (χ1v) is 8.81. The van der Waals surface area contributed by atoms with E-state index in [1.807, 2.05) is 6.07 Å². The molecule has 0 amide bonds. The van der Waals surface area contributed by atoms with Crippen molar-refractivity contribution in [1.29, 1.82) is 0 Å². The van der Waals surface area contributed by atoms with Crippen LogP contribution >= 0.6 is 15.9 Å². The lowest BCUT2D eigenvalue weighted by Gasteiger charge is -2.10. The van der Waals surface area contributed by atoms with Crippen LogP contribution in [0.3, 0.4) is 0 Å². The van der Waals surface area contributed by atoms with E-state index in [0.29, 0.717) is 0 Å². The van der Waals surface area contributed by atoms with Crippen LogP contribution in [0, 0.1) is 0 Å². The zero-order chi connectivity index (χ0) is 15.5. The predicted octanol–water partition coefficient (Wildman–Crippen LogP) is 6.09. The van der Waals surface area contributed by atoms with Crippen LogP contribution in [0.15, 0.2) is 47.6 Å². The summed E-state index contributed by atoms with van der Waals surface area (Å²) >= 11 is 3.43. The summed E-state index contributed by atoms with van der Waals surface area (Å²) in [6, 6.07) is 8.34.